The molecule has 2 heteroatoms. The monoisotopic (exact) mass is 266 g/mol. The summed E-state index contributed by atoms with van der Waals surface area (Å²) in [6, 6.07) is 2.39. The Kier molecular flexibility index (Phi) is 6.66. The van der Waals surface area contributed by atoms with Gasteiger partial charge in [0.25, 0.3) is 0 Å². The lowest BCUT2D eigenvalue weighted by Crippen LogP contribution is -2.53. The van der Waals surface area contributed by atoms with Gasteiger partial charge in [-0.3, -0.25) is 4.90 Å². The number of likely N-dealkylation sites (N-methyl/N-ethyl adjacent to an activating group) is 2. The molecule has 0 spiro atoms. The van der Waals surface area contributed by atoms with E-state index in [2.05, 4.69) is 24.2 Å². The average Bonchev–Trinajstić information content (AvgIpc) is 2.43. The molecule has 0 amide bonds. The largest absolute Gasteiger partial charge is 0.315 e. The van der Waals surface area contributed by atoms with E-state index >= 15 is 0 Å². The molecular formula is C17H34N2. The summed E-state index contributed by atoms with van der Waals surface area (Å²) in [5, 5.41) is 3.63. The smallest absolute Gasteiger partial charge is 0.0252 e. The first-order valence-electron chi connectivity index (χ1n) is 8.79. The maximum absolute atomic E-state index is 3.63. The van der Waals surface area contributed by atoms with E-state index in [-0.39, 0.29) is 0 Å². The van der Waals surface area contributed by atoms with Crippen molar-refractivity contribution < 1.29 is 0 Å². The van der Waals surface area contributed by atoms with E-state index in [1.165, 1.54) is 77.2 Å². The number of nitrogens with zero attached hydrogens (tertiary/aromatic N) is 1. The van der Waals surface area contributed by atoms with E-state index in [1.807, 2.05) is 0 Å². The molecule has 2 saturated carbocycles. The van der Waals surface area contributed by atoms with E-state index in [0.29, 0.717) is 0 Å². The van der Waals surface area contributed by atoms with Gasteiger partial charge < -0.3 is 5.32 Å². The Morgan fingerprint density at radius 3 is 2.05 bits per heavy atom. The molecule has 1 N–H and O–H groups in total. The van der Waals surface area contributed by atoms with Gasteiger partial charge >= 0.3 is 0 Å². The van der Waals surface area contributed by atoms with E-state index in [0.717, 1.165) is 18.1 Å². The molecule has 0 aromatic rings. The first kappa shape index (κ1) is 15.3. The maximum Gasteiger partial charge on any atom is 0.0252 e. The molecule has 0 saturated heterocycles. The second kappa shape index (κ2) is 8.26. The van der Waals surface area contributed by atoms with Crippen LogP contribution in [0.25, 0.3) is 0 Å². The molecule has 0 bridgehead atoms. The third-order valence-corrected chi connectivity index (χ3v) is 5.44. The minimum atomic E-state index is 0.724. The Labute approximate surface area is 120 Å². The lowest BCUT2D eigenvalue weighted by atomic mass is 9.87. The Morgan fingerprint density at radius 1 is 0.842 bits per heavy atom. The highest BCUT2D eigenvalue weighted by Gasteiger charge is 2.31. The zero-order valence-corrected chi connectivity index (χ0v) is 13.2. The quantitative estimate of drug-likeness (QED) is 0.829. The average molecular weight is 266 g/mol. The number of rotatable bonds is 4. The van der Waals surface area contributed by atoms with Crippen molar-refractivity contribution in [3.8, 4) is 0 Å². The Morgan fingerprint density at radius 2 is 1.42 bits per heavy atom. The van der Waals surface area contributed by atoms with Gasteiger partial charge in [-0.15, -0.1) is 0 Å². The number of hydrogen-bond donors (Lipinski definition) is 1. The zero-order valence-electron chi connectivity index (χ0n) is 13.2. The Hall–Kier alpha value is -0.0800. The van der Waals surface area contributed by atoms with Gasteiger partial charge in [-0.05, 0) is 39.3 Å². The fourth-order valence-electron chi connectivity index (χ4n) is 4.37. The minimum Gasteiger partial charge on any atom is -0.315 e. The van der Waals surface area contributed by atoms with Crippen LogP contribution in [0.5, 0.6) is 0 Å². The van der Waals surface area contributed by atoms with Gasteiger partial charge in [-0.25, -0.2) is 0 Å². The van der Waals surface area contributed by atoms with Crippen LogP contribution in [0.3, 0.4) is 0 Å². The molecule has 2 rings (SSSR count). The molecule has 2 aliphatic carbocycles. The van der Waals surface area contributed by atoms with Crippen molar-refractivity contribution in [3.05, 3.63) is 0 Å². The van der Waals surface area contributed by atoms with Crippen LogP contribution in [0.2, 0.25) is 0 Å². The molecule has 2 fully saturated rings. The van der Waals surface area contributed by atoms with Gasteiger partial charge in [0.05, 0.1) is 0 Å². The summed E-state index contributed by atoms with van der Waals surface area (Å²) in [5.41, 5.74) is 0. The molecule has 2 nitrogen and oxygen atoms in total. The second-order valence-electron chi connectivity index (χ2n) is 6.58. The van der Waals surface area contributed by atoms with Crippen molar-refractivity contribution in [2.24, 2.45) is 0 Å². The predicted octanol–water partition coefficient (Wildman–Crippen LogP) is 3.95. The van der Waals surface area contributed by atoms with Crippen molar-refractivity contribution in [2.75, 3.05) is 13.6 Å². The number of nitrogens with one attached hydrogen (secondary N) is 1. The normalized spacial score (nSPS) is 31.1. The van der Waals surface area contributed by atoms with Crippen LogP contribution in [-0.2, 0) is 0 Å². The van der Waals surface area contributed by atoms with Crippen LogP contribution < -0.4 is 5.32 Å². The fraction of sp³-hybridized carbons (Fsp3) is 1.00. The summed E-state index contributed by atoms with van der Waals surface area (Å²) in [7, 11) is 2.17. The Balaban J connectivity index is 2.02. The van der Waals surface area contributed by atoms with Gasteiger partial charge in [0.1, 0.15) is 0 Å². The topological polar surface area (TPSA) is 15.3 Å². The van der Waals surface area contributed by atoms with E-state index in [4.69, 9.17) is 0 Å². The summed E-state index contributed by atoms with van der Waals surface area (Å²) in [5.74, 6) is 0. The van der Waals surface area contributed by atoms with Gasteiger partial charge in [0.15, 0.2) is 0 Å². The van der Waals surface area contributed by atoms with Crippen LogP contribution in [-0.4, -0.2) is 36.6 Å². The van der Waals surface area contributed by atoms with Crippen molar-refractivity contribution in [1.29, 1.82) is 0 Å². The molecule has 112 valence electrons. The molecule has 0 heterocycles. The first-order valence-corrected chi connectivity index (χ1v) is 8.79. The third kappa shape index (κ3) is 4.19. The molecule has 0 aromatic heterocycles. The van der Waals surface area contributed by atoms with Gasteiger partial charge in [-0.1, -0.05) is 51.9 Å². The molecule has 0 radical (unpaired) electrons. The molecule has 2 unspecified atom stereocenters. The third-order valence-electron chi connectivity index (χ3n) is 5.44. The molecule has 0 aliphatic heterocycles. The molecule has 0 aromatic carbocycles. The van der Waals surface area contributed by atoms with E-state index in [9.17, 15) is 0 Å². The van der Waals surface area contributed by atoms with Crippen molar-refractivity contribution in [1.82, 2.24) is 10.2 Å². The Bertz CT molecular complexity index is 235. The van der Waals surface area contributed by atoms with Crippen LogP contribution in [0.1, 0.15) is 77.6 Å². The summed E-state index contributed by atoms with van der Waals surface area (Å²) >= 11 is 0. The van der Waals surface area contributed by atoms with Crippen molar-refractivity contribution in [2.45, 2.75) is 95.7 Å². The fourth-order valence-corrected chi connectivity index (χ4v) is 4.37. The van der Waals surface area contributed by atoms with Crippen molar-refractivity contribution >= 4 is 0 Å². The van der Waals surface area contributed by atoms with Crippen LogP contribution in [0.4, 0.5) is 0 Å². The lowest BCUT2D eigenvalue weighted by Gasteiger charge is -2.43. The summed E-state index contributed by atoms with van der Waals surface area (Å²) in [6.45, 7) is 3.62. The van der Waals surface area contributed by atoms with E-state index in [1.54, 1.807) is 0 Å². The molecule has 2 aliphatic rings. The van der Waals surface area contributed by atoms with Crippen LogP contribution >= 0.6 is 0 Å². The molecule has 19 heavy (non-hydrogen) atoms. The first-order chi connectivity index (χ1) is 9.36. The summed E-state index contributed by atoms with van der Waals surface area (Å²) in [4.78, 5) is 2.87. The van der Waals surface area contributed by atoms with E-state index < -0.39 is 0 Å². The van der Waals surface area contributed by atoms with Crippen molar-refractivity contribution in [3.63, 3.8) is 0 Å². The van der Waals surface area contributed by atoms with Gasteiger partial charge in [-0.2, -0.15) is 0 Å². The summed E-state index contributed by atoms with van der Waals surface area (Å²) < 4.78 is 0. The summed E-state index contributed by atoms with van der Waals surface area (Å²) in [6.07, 6.45) is 15.8. The minimum absolute atomic E-state index is 0.724. The van der Waals surface area contributed by atoms with Crippen LogP contribution in [0, 0.1) is 0 Å². The highest BCUT2D eigenvalue weighted by Crippen LogP contribution is 2.29. The highest BCUT2D eigenvalue weighted by atomic mass is 15.2. The second-order valence-corrected chi connectivity index (χ2v) is 6.58. The van der Waals surface area contributed by atoms with Crippen LogP contribution in [0.15, 0.2) is 0 Å². The molecule has 2 atom stereocenters. The standard InChI is InChI=1S/C17H34N2/c1-3-19(15-11-7-6-8-12-15)17-14-10-5-4-9-13-16(17)18-2/h15-18H,3-14H2,1-2H3. The highest BCUT2D eigenvalue weighted by molar-refractivity contribution is 4.89. The SMILES string of the molecule is CCN(C1CCCCC1)C1CCCCCCC1NC. The zero-order chi connectivity index (χ0) is 13.5. The predicted molar refractivity (Wildman–Crippen MR) is 83.6 cm³/mol. The maximum atomic E-state index is 3.63. The van der Waals surface area contributed by atoms with Gasteiger partial charge in [0.2, 0.25) is 0 Å². The van der Waals surface area contributed by atoms with Gasteiger partial charge in [0, 0.05) is 18.1 Å². The molecular weight excluding hydrogens is 232 g/mol. The number of hydrogen-bond acceptors (Lipinski definition) is 2. The lowest BCUT2D eigenvalue weighted by molar-refractivity contribution is 0.0745.